The highest BCUT2D eigenvalue weighted by Gasteiger charge is 2.35. The molecular formula is C20H31F3N4OS. The van der Waals surface area contributed by atoms with Gasteiger partial charge in [-0.3, -0.25) is 14.6 Å². The third-order valence-corrected chi connectivity index (χ3v) is 6.92. The van der Waals surface area contributed by atoms with Crippen LogP contribution in [-0.2, 0) is 16.8 Å². The second-order valence-corrected chi connectivity index (χ2v) is 10.0. The Bertz CT molecular complexity index is 685. The van der Waals surface area contributed by atoms with E-state index in [2.05, 4.69) is 31.1 Å². The van der Waals surface area contributed by atoms with Crippen LogP contribution in [0.5, 0.6) is 0 Å². The molecule has 0 atom stereocenters. The Hall–Kier alpha value is -1.19. The molecule has 29 heavy (non-hydrogen) atoms. The van der Waals surface area contributed by atoms with E-state index in [1.54, 1.807) is 11.3 Å². The third kappa shape index (κ3) is 6.39. The van der Waals surface area contributed by atoms with E-state index in [1.165, 1.54) is 4.90 Å². The van der Waals surface area contributed by atoms with E-state index in [0.717, 1.165) is 30.3 Å². The average molecular weight is 433 g/mol. The number of nitrogens with zero attached hydrogens (tertiary/aromatic N) is 4. The topological polar surface area (TPSA) is 39.7 Å². The summed E-state index contributed by atoms with van der Waals surface area (Å²) in [6.07, 6.45) is -3.13. The first-order valence-electron chi connectivity index (χ1n) is 10.3. The normalized spacial score (nSPS) is 21.0. The highest BCUT2D eigenvalue weighted by Crippen LogP contribution is 2.27. The number of carbonyl (C=O) groups is 1. The van der Waals surface area contributed by atoms with Crippen molar-refractivity contribution in [2.45, 2.75) is 51.7 Å². The predicted molar refractivity (Wildman–Crippen MR) is 108 cm³/mol. The van der Waals surface area contributed by atoms with E-state index in [4.69, 9.17) is 4.98 Å². The summed E-state index contributed by atoms with van der Waals surface area (Å²) in [5.74, 6) is -0.0288. The van der Waals surface area contributed by atoms with Crippen molar-refractivity contribution in [3.05, 3.63) is 16.1 Å². The van der Waals surface area contributed by atoms with Gasteiger partial charge in [0, 0.05) is 49.4 Å². The van der Waals surface area contributed by atoms with Gasteiger partial charge in [-0.1, -0.05) is 20.8 Å². The summed E-state index contributed by atoms with van der Waals surface area (Å²) in [4.78, 5) is 23.1. The van der Waals surface area contributed by atoms with Gasteiger partial charge in [-0.05, 0) is 25.9 Å². The van der Waals surface area contributed by atoms with Gasteiger partial charge in [0.15, 0.2) is 0 Å². The standard InChI is InChI=1S/C20H31F3N4OS/c1-19(2,3)18-24-16(13-29-18)12-25-8-10-27(11-9-25)17(28)15-4-6-26(7-5-15)14-20(21,22)23/h13,15H,4-12,14H2,1-3H3. The minimum Gasteiger partial charge on any atom is -0.340 e. The minimum absolute atomic E-state index is 0.0592. The van der Waals surface area contributed by atoms with Crippen LogP contribution in [0.15, 0.2) is 5.38 Å². The third-order valence-electron chi connectivity index (χ3n) is 5.60. The number of halogens is 3. The fourth-order valence-corrected chi connectivity index (χ4v) is 4.83. The van der Waals surface area contributed by atoms with E-state index in [-0.39, 0.29) is 17.2 Å². The summed E-state index contributed by atoms with van der Waals surface area (Å²) >= 11 is 1.70. The first-order chi connectivity index (χ1) is 13.5. The fraction of sp³-hybridized carbons (Fsp3) is 0.800. The molecule has 1 aromatic heterocycles. The van der Waals surface area contributed by atoms with E-state index in [9.17, 15) is 18.0 Å². The number of hydrogen-bond acceptors (Lipinski definition) is 5. The molecule has 0 aromatic carbocycles. The molecule has 0 saturated carbocycles. The second kappa shape index (κ2) is 8.89. The van der Waals surface area contributed by atoms with E-state index in [1.807, 2.05) is 4.90 Å². The molecule has 0 bridgehead atoms. The van der Waals surface area contributed by atoms with Crippen LogP contribution >= 0.6 is 11.3 Å². The zero-order valence-corrected chi connectivity index (χ0v) is 18.3. The van der Waals surface area contributed by atoms with Gasteiger partial charge in [-0.15, -0.1) is 11.3 Å². The summed E-state index contributed by atoms with van der Waals surface area (Å²) in [7, 11) is 0. The summed E-state index contributed by atoms with van der Waals surface area (Å²) in [6.45, 7) is 10.1. The van der Waals surface area contributed by atoms with Crippen LogP contribution in [0.25, 0.3) is 0 Å². The summed E-state index contributed by atoms with van der Waals surface area (Å²) in [5, 5.41) is 3.26. The maximum atomic E-state index is 12.8. The predicted octanol–water partition coefficient (Wildman–Crippen LogP) is 3.36. The molecule has 1 aromatic rings. The number of thiazole rings is 1. The lowest BCUT2D eigenvalue weighted by atomic mass is 9.95. The molecule has 3 rings (SSSR count). The van der Waals surface area contributed by atoms with Crippen molar-refractivity contribution in [2.75, 3.05) is 45.8 Å². The van der Waals surface area contributed by atoms with Gasteiger partial charge in [0.25, 0.3) is 0 Å². The quantitative estimate of drug-likeness (QED) is 0.732. The van der Waals surface area contributed by atoms with Crippen LogP contribution in [0.2, 0.25) is 0 Å². The van der Waals surface area contributed by atoms with E-state index in [0.29, 0.717) is 39.0 Å². The molecule has 3 heterocycles. The van der Waals surface area contributed by atoms with Crippen LogP contribution in [-0.4, -0.2) is 77.6 Å². The van der Waals surface area contributed by atoms with Gasteiger partial charge >= 0.3 is 6.18 Å². The van der Waals surface area contributed by atoms with Crippen molar-refractivity contribution in [2.24, 2.45) is 5.92 Å². The Morgan fingerprint density at radius 1 is 1.07 bits per heavy atom. The molecular weight excluding hydrogens is 401 g/mol. The highest BCUT2D eigenvalue weighted by molar-refractivity contribution is 7.09. The lowest BCUT2D eigenvalue weighted by molar-refractivity contribution is -0.151. The molecule has 0 N–H and O–H groups in total. The van der Waals surface area contributed by atoms with Gasteiger partial charge in [-0.2, -0.15) is 13.2 Å². The number of aromatic nitrogens is 1. The van der Waals surface area contributed by atoms with Crippen molar-refractivity contribution in [3.8, 4) is 0 Å². The number of carbonyl (C=O) groups excluding carboxylic acids is 1. The molecule has 2 aliphatic heterocycles. The van der Waals surface area contributed by atoms with Crippen LogP contribution in [0.4, 0.5) is 13.2 Å². The van der Waals surface area contributed by atoms with Crippen molar-refractivity contribution >= 4 is 17.2 Å². The van der Waals surface area contributed by atoms with Gasteiger partial charge in [0.2, 0.25) is 5.91 Å². The van der Waals surface area contributed by atoms with Crippen molar-refractivity contribution in [1.29, 1.82) is 0 Å². The van der Waals surface area contributed by atoms with Crippen molar-refractivity contribution in [3.63, 3.8) is 0 Å². The average Bonchev–Trinajstić information content (AvgIpc) is 3.10. The van der Waals surface area contributed by atoms with Gasteiger partial charge in [0.1, 0.15) is 0 Å². The molecule has 2 fully saturated rings. The molecule has 5 nitrogen and oxygen atoms in total. The Morgan fingerprint density at radius 2 is 1.69 bits per heavy atom. The fourth-order valence-electron chi connectivity index (χ4n) is 3.93. The molecule has 0 unspecified atom stereocenters. The zero-order chi connectivity index (χ0) is 21.2. The number of alkyl halides is 3. The molecule has 0 radical (unpaired) electrons. The van der Waals surface area contributed by atoms with Crippen LogP contribution in [0.3, 0.4) is 0 Å². The Labute approximate surface area is 174 Å². The highest BCUT2D eigenvalue weighted by atomic mass is 32.1. The lowest BCUT2D eigenvalue weighted by Gasteiger charge is -2.38. The molecule has 9 heteroatoms. The second-order valence-electron chi connectivity index (χ2n) is 9.16. The Kier molecular flexibility index (Phi) is 6.90. The smallest absolute Gasteiger partial charge is 0.340 e. The summed E-state index contributed by atoms with van der Waals surface area (Å²) < 4.78 is 37.5. The van der Waals surface area contributed by atoms with Crippen molar-refractivity contribution < 1.29 is 18.0 Å². The SMILES string of the molecule is CC(C)(C)c1nc(CN2CCN(C(=O)C3CCN(CC(F)(F)F)CC3)CC2)cs1. The monoisotopic (exact) mass is 432 g/mol. The molecule has 164 valence electrons. The van der Waals surface area contributed by atoms with Crippen LogP contribution in [0, 0.1) is 5.92 Å². The largest absolute Gasteiger partial charge is 0.401 e. The van der Waals surface area contributed by atoms with Gasteiger partial charge < -0.3 is 4.90 Å². The molecule has 2 saturated heterocycles. The maximum absolute atomic E-state index is 12.8. The molecule has 1 amide bonds. The van der Waals surface area contributed by atoms with Crippen molar-refractivity contribution in [1.82, 2.24) is 19.7 Å². The Morgan fingerprint density at radius 3 is 2.21 bits per heavy atom. The molecule has 0 aliphatic carbocycles. The number of piperazine rings is 1. The molecule has 2 aliphatic rings. The molecule has 0 spiro atoms. The van der Waals surface area contributed by atoms with Crippen LogP contribution in [0.1, 0.15) is 44.3 Å². The lowest BCUT2D eigenvalue weighted by Crippen LogP contribution is -2.51. The Balaban J connectivity index is 1.42. The first-order valence-corrected chi connectivity index (χ1v) is 11.1. The maximum Gasteiger partial charge on any atom is 0.401 e. The minimum atomic E-state index is -4.17. The number of amides is 1. The van der Waals surface area contributed by atoms with Gasteiger partial charge in [0.05, 0.1) is 17.2 Å². The number of hydrogen-bond donors (Lipinski definition) is 0. The number of likely N-dealkylation sites (tertiary alicyclic amines) is 1. The van der Waals surface area contributed by atoms with Gasteiger partial charge in [-0.25, -0.2) is 4.98 Å². The summed E-state index contributed by atoms with van der Waals surface area (Å²) in [5.41, 5.74) is 1.14. The van der Waals surface area contributed by atoms with Crippen LogP contribution < -0.4 is 0 Å². The van der Waals surface area contributed by atoms with E-state index < -0.39 is 12.7 Å². The summed E-state index contributed by atoms with van der Waals surface area (Å²) in [6, 6.07) is 0. The zero-order valence-electron chi connectivity index (χ0n) is 17.5. The first kappa shape index (κ1) is 22.5. The van der Waals surface area contributed by atoms with E-state index >= 15 is 0 Å². The number of rotatable bonds is 4. The number of piperidine rings is 1.